The zero-order valence-electron chi connectivity index (χ0n) is 40.2. The highest BCUT2D eigenvalue weighted by Gasteiger charge is 2.27. The van der Waals surface area contributed by atoms with Gasteiger partial charge in [-0.3, -0.25) is 22.8 Å². The molecule has 38 heteroatoms. The summed E-state index contributed by atoms with van der Waals surface area (Å²) in [5, 5.41) is 60.8. The van der Waals surface area contributed by atoms with Crippen LogP contribution in [-0.2, 0) is 67.8 Å². The molecular formula is C43H35N9O22S7. The largest absolute Gasteiger partial charge is 0.505 e. The molecule has 0 fully saturated rings. The Labute approximate surface area is 461 Å². The van der Waals surface area contributed by atoms with E-state index in [-0.39, 0.29) is 78.8 Å². The molecule has 2 aromatic heterocycles. The van der Waals surface area contributed by atoms with Crippen LogP contribution in [0.15, 0.2) is 147 Å². The van der Waals surface area contributed by atoms with Crippen LogP contribution in [0, 0.1) is 6.92 Å². The predicted octanol–water partition coefficient (Wildman–Crippen LogP) is 7.40. The molecule has 31 nitrogen and oxygen atoms in total. The van der Waals surface area contributed by atoms with Gasteiger partial charge in [-0.05, 0) is 67.4 Å². The normalized spacial score (nSPS) is 12.7. The molecule has 8 N–H and O–H groups in total. The quantitative estimate of drug-likeness (QED) is 0.0235. The Morgan fingerprint density at radius 3 is 1.80 bits per heavy atom. The van der Waals surface area contributed by atoms with Crippen molar-refractivity contribution in [2.75, 3.05) is 12.4 Å². The van der Waals surface area contributed by atoms with Crippen LogP contribution < -0.4 is 4.74 Å². The maximum absolute atomic E-state index is 13.1. The van der Waals surface area contributed by atoms with E-state index in [1.54, 1.807) is 25.1 Å². The molecule has 426 valence electrons. The minimum absolute atomic E-state index is 0.00287. The van der Waals surface area contributed by atoms with E-state index in [0.29, 0.717) is 28.4 Å². The number of thiazole rings is 1. The van der Waals surface area contributed by atoms with Crippen molar-refractivity contribution in [1.82, 2.24) is 14.8 Å². The molecule has 0 saturated heterocycles. The van der Waals surface area contributed by atoms with Crippen molar-refractivity contribution in [2.24, 2.45) is 30.7 Å². The molecule has 0 radical (unpaired) electrons. The van der Waals surface area contributed by atoms with Crippen molar-refractivity contribution < 1.29 is 97.5 Å². The van der Waals surface area contributed by atoms with Gasteiger partial charge in [-0.2, -0.15) is 51.9 Å². The first kappa shape index (κ1) is 60.6. The third-order valence-corrected chi connectivity index (χ3v) is 16.3. The van der Waals surface area contributed by atoms with Gasteiger partial charge < -0.3 is 20.1 Å². The van der Waals surface area contributed by atoms with Crippen LogP contribution in [-0.4, -0.2) is 120 Å². The van der Waals surface area contributed by atoms with Crippen LogP contribution in [0.3, 0.4) is 0 Å². The summed E-state index contributed by atoms with van der Waals surface area (Å²) in [6.07, 6.45) is -0.200. The van der Waals surface area contributed by atoms with Crippen LogP contribution in [0.5, 0.6) is 17.4 Å². The van der Waals surface area contributed by atoms with Gasteiger partial charge >= 0.3 is 10.6 Å². The number of benzene rings is 6. The lowest BCUT2D eigenvalue weighted by molar-refractivity contribution is 0.278. The Kier molecular flexibility index (Phi) is 17.7. The number of azo groups is 3. The van der Waals surface area contributed by atoms with Gasteiger partial charge in [-0.25, -0.2) is 4.98 Å². The zero-order chi connectivity index (χ0) is 59.6. The number of aliphatic hydroxyl groups excluding tert-OH is 1. The first-order valence-electron chi connectivity index (χ1n) is 21.7. The summed E-state index contributed by atoms with van der Waals surface area (Å²) in [4.78, 5) is 0.726. The molecule has 8 aromatic rings. The van der Waals surface area contributed by atoms with Gasteiger partial charge in [0.2, 0.25) is 11.0 Å². The number of aryl methyl sites for hydroxylation is 1. The second kappa shape index (κ2) is 23.6. The summed E-state index contributed by atoms with van der Waals surface area (Å²) in [7, 11) is -27.8. The summed E-state index contributed by atoms with van der Waals surface area (Å²) in [6, 6.07) is 19.4. The summed E-state index contributed by atoms with van der Waals surface area (Å²) < 4.78 is 202. The number of phenolic OH excluding ortho intramolecular Hbond substituents is 1. The van der Waals surface area contributed by atoms with Crippen LogP contribution >= 0.6 is 11.3 Å². The highest BCUT2D eigenvalue weighted by Crippen LogP contribution is 2.45. The van der Waals surface area contributed by atoms with E-state index in [1.165, 1.54) is 42.5 Å². The Balaban J connectivity index is 0.00000229. The average Bonchev–Trinajstić information content (AvgIpc) is 3.94. The second-order valence-electron chi connectivity index (χ2n) is 16.3. The van der Waals surface area contributed by atoms with Gasteiger partial charge in [0.05, 0.1) is 50.3 Å². The number of fused-ring (bicyclic) bond motifs is 2. The van der Waals surface area contributed by atoms with E-state index in [2.05, 4.69) is 40.8 Å². The Hall–Kier alpha value is -7.99. The minimum atomic E-state index is -5.27. The highest BCUT2D eigenvalue weighted by molar-refractivity contribution is 7.87. The van der Waals surface area contributed by atoms with Crippen molar-refractivity contribution in [3.8, 4) is 34.3 Å². The fourth-order valence-electron chi connectivity index (χ4n) is 7.35. The van der Waals surface area contributed by atoms with Gasteiger partial charge in [0, 0.05) is 28.0 Å². The number of phenols is 1. The molecule has 0 aliphatic rings. The van der Waals surface area contributed by atoms with Gasteiger partial charge in [0.15, 0.2) is 11.4 Å². The molecule has 6 aromatic carbocycles. The van der Waals surface area contributed by atoms with Crippen LogP contribution in [0.1, 0.15) is 17.5 Å². The first-order chi connectivity index (χ1) is 37.7. The lowest BCUT2D eigenvalue weighted by Crippen LogP contribution is -2.08. The van der Waals surface area contributed by atoms with Crippen molar-refractivity contribution in [3.63, 3.8) is 0 Å². The molecule has 8 rings (SSSR count). The topological polar surface area (TPSA) is 498 Å². The number of hydrogen-bond donors (Lipinski definition) is 8. The number of aromatic nitrogens is 3. The number of aromatic hydroxyl groups is 2. The van der Waals surface area contributed by atoms with Crippen molar-refractivity contribution in [2.45, 2.75) is 39.5 Å². The zero-order valence-corrected chi connectivity index (χ0v) is 46.0. The third-order valence-electron chi connectivity index (χ3n) is 10.8. The fraction of sp³-hybridized carbons (Fsp3) is 0.116. The molecule has 0 unspecified atom stereocenters. The average molecular weight is 1250 g/mol. The smallest absolute Gasteiger partial charge is 0.425 e. The minimum Gasteiger partial charge on any atom is -0.505 e. The Bertz CT molecular complexity index is 4600. The monoisotopic (exact) mass is 1250 g/mol. The number of hydrogen-bond acceptors (Lipinski definition) is 26. The van der Waals surface area contributed by atoms with Gasteiger partial charge in [-0.15, -0.1) is 43.3 Å². The van der Waals surface area contributed by atoms with E-state index in [1.807, 2.05) is 0 Å². The maximum Gasteiger partial charge on any atom is 0.425 e. The van der Waals surface area contributed by atoms with E-state index in [9.17, 15) is 80.2 Å². The molecule has 0 bridgehead atoms. The van der Waals surface area contributed by atoms with Crippen LogP contribution in [0.4, 0.5) is 33.6 Å². The van der Waals surface area contributed by atoms with E-state index in [0.717, 1.165) is 29.5 Å². The lowest BCUT2D eigenvalue weighted by atomic mass is 10.1. The number of ether oxygens (including phenoxy) is 1. The molecule has 0 amide bonds. The SMILES string of the molecule is Cc1cc(N=Nc2ccc3c(S(=O)(=O)O)c(N=Nc4c(-c5ccccc5)nn(-c5cc(S(=O)(=O)O)cc(S(=O)(=O)O)c5)c4O)ccc3c2O)c(OCCCS(=O)(=O)O)cc1N=Nc1nc2ccc(CO)c(S(=O)(=O)O)c2s1.O=S(=O)=O. The lowest BCUT2D eigenvalue weighted by Gasteiger charge is -2.11. The van der Waals surface area contributed by atoms with Gasteiger partial charge in [0.25, 0.3) is 50.6 Å². The number of aliphatic hydroxyl groups is 1. The maximum atomic E-state index is 13.1. The fourth-order valence-corrected chi connectivity index (χ4v) is 11.9. The van der Waals surface area contributed by atoms with E-state index < -0.39 is 122 Å². The highest BCUT2D eigenvalue weighted by atomic mass is 32.2. The molecule has 0 aliphatic heterocycles. The third kappa shape index (κ3) is 14.5. The number of nitrogens with zero attached hydrogens (tertiary/aromatic N) is 9. The standard InChI is InChI=1S/C43H35N9O19S6.O3S/c1-22-16-34(35(71-14-5-15-73(56,57)58)20-33(22)47-50-43-44-31-11-8-24(21-53)40(39(31)72-43)76(65,66)67)48-45-30-12-10-29-28(38(30)54)9-13-32(41(29)77(68,69)70)46-49-37-36(23-6-3-2-4-7-23)51-52(42(37)55)25-17-26(74(59,60)61)19-27(18-25)75(62,63)64;1-4(2)3/h2-4,6-13,16-20,53-55H,5,14-15,21H2,1H3,(H,56,57,58)(H,59,60,61)(H,62,63,64)(H,65,66,67)(H,68,69,70);. The molecule has 81 heavy (non-hydrogen) atoms. The summed E-state index contributed by atoms with van der Waals surface area (Å²) in [5.74, 6) is -2.39. The molecule has 2 heterocycles. The molecule has 0 spiro atoms. The predicted molar refractivity (Wildman–Crippen MR) is 281 cm³/mol. The van der Waals surface area contributed by atoms with Gasteiger partial charge in [0.1, 0.15) is 38.3 Å². The summed E-state index contributed by atoms with van der Waals surface area (Å²) in [5.41, 5.74) is -1.41. The Morgan fingerprint density at radius 2 is 1.21 bits per heavy atom. The Morgan fingerprint density at radius 1 is 0.630 bits per heavy atom. The molecule has 0 saturated carbocycles. The molecule has 0 atom stereocenters. The van der Waals surface area contributed by atoms with Crippen LogP contribution in [0.25, 0.3) is 37.9 Å². The molecule has 0 aliphatic carbocycles. The van der Waals surface area contributed by atoms with E-state index in [4.69, 9.17) is 17.4 Å². The second-order valence-corrected chi connectivity index (χ2v) is 24.8. The van der Waals surface area contributed by atoms with E-state index >= 15 is 0 Å². The summed E-state index contributed by atoms with van der Waals surface area (Å²) >= 11 is 0.745. The number of rotatable bonds is 18. The van der Waals surface area contributed by atoms with Gasteiger partial charge in [-0.1, -0.05) is 53.8 Å². The van der Waals surface area contributed by atoms with Crippen molar-refractivity contribution in [1.29, 1.82) is 0 Å². The summed E-state index contributed by atoms with van der Waals surface area (Å²) in [6.45, 7) is 0.563. The van der Waals surface area contributed by atoms with Crippen molar-refractivity contribution >= 4 is 127 Å². The van der Waals surface area contributed by atoms with Crippen molar-refractivity contribution in [3.05, 3.63) is 108 Å². The van der Waals surface area contributed by atoms with Crippen LogP contribution in [0.2, 0.25) is 0 Å². The molecular weight excluding hydrogens is 1220 g/mol. The first-order valence-corrected chi connectivity index (χ1v) is 30.9.